The van der Waals surface area contributed by atoms with E-state index >= 15 is 0 Å². The molecule has 0 N–H and O–H groups in total. The largest absolute Gasteiger partial charge is 0.245 e. The van der Waals surface area contributed by atoms with E-state index in [2.05, 4.69) is 49.4 Å². The summed E-state index contributed by atoms with van der Waals surface area (Å²) >= 11 is 1.56. The first-order valence-corrected chi connectivity index (χ1v) is 6.90. The monoisotopic (exact) mass is 288 g/mol. The van der Waals surface area contributed by atoms with Crippen LogP contribution in [0, 0.1) is 0 Å². The van der Waals surface area contributed by atoms with Gasteiger partial charge in [0.1, 0.15) is 28.6 Å². The quantitative estimate of drug-likeness (QED) is 0.710. The Morgan fingerprint density at radius 3 is 2.85 bits per heavy atom. The fraction of sp³-hybridized carbons (Fsp3) is 0.364. The second-order valence-corrected chi connectivity index (χ2v) is 5.52. The summed E-state index contributed by atoms with van der Waals surface area (Å²) in [6, 6.07) is 1.74. The Labute approximate surface area is 118 Å². The normalized spacial score (nSPS) is 11.2. The van der Waals surface area contributed by atoms with Crippen LogP contribution in [0.5, 0.6) is 0 Å². The fourth-order valence-electron chi connectivity index (χ4n) is 1.52. The SMILES string of the molecule is CC(C)c1nnc(Cn2nnc(-c3ccncn3)n2)s1. The van der Waals surface area contributed by atoms with Crippen molar-refractivity contribution in [2.24, 2.45) is 0 Å². The van der Waals surface area contributed by atoms with Gasteiger partial charge in [-0.05, 0) is 11.3 Å². The highest BCUT2D eigenvalue weighted by Crippen LogP contribution is 2.19. The van der Waals surface area contributed by atoms with Crippen LogP contribution in [0.2, 0.25) is 0 Å². The molecular weight excluding hydrogens is 276 g/mol. The molecule has 0 unspecified atom stereocenters. The number of tetrazole rings is 1. The molecule has 0 aliphatic rings. The molecule has 0 saturated heterocycles. The maximum Gasteiger partial charge on any atom is 0.223 e. The first-order valence-electron chi connectivity index (χ1n) is 6.09. The Kier molecular flexibility index (Phi) is 3.42. The lowest BCUT2D eigenvalue weighted by molar-refractivity contribution is 0.568. The summed E-state index contributed by atoms with van der Waals surface area (Å²) in [6.45, 7) is 4.64. The van der Waals surface area contributed by atoms with Gasteiger partial charge in [-0.25, -0.2) is 9.97 Å². The van der Waals surface area contributed by atoms with Gasteiger partial charge in [-0.3, -0.25) is 0 Å². The average molecular weight is 288 g/mol. The molecule has 102 valence electrons. The minimum atomic E-state index is 0.376. The molecule has 0 radical (unpaired) electrons. The van der Waals surface area contributed by atoms with Gasteiger partial charge >= 0.3 is 0 Å². The molecule has 3 aromatic rings. The van der Waals surface area contributed by atoms with E-state index in [4.69, 9.17) is 0 Å². The van der Waals surface area contributed by atoms with Crippen LogP contribution < -0.4 is 0 Å². The summed E-state index contributed by atoms with van der Waals surface area (Å²) < 4.78 is 0. The topological polar surface area (TPSA) is 95.2 Å². The lowest BCUT2D eigenvalue weighted by atomic mass is 10.2. The molecule has 3 aromatic heterocycles. The van der Waals surface area contributed by atoms with Crippen molar-refractivity contribution in [3.8, 4) is 11.5 Å². The molecule has 0 atom stereocenters. The van der Waals surface area contributed by atoms with E-state index in [0.717, 1.165) is 10.0 Å². The molecule has 3 rings (SSSR count). The highest BCUT2D eigenvalue weighted by Gasteiger charge is 2.11. The highest BCUT2D eigenvalue weighted by molar-refractivity contribution is 7.11. The van der Waals surface area contributed by atoms with Crippen LogP contribution in [0.3, 0.4) is 0 Å². The molecule has 0 aliphatic carbocycles. The van der Waals surface area contributed by atoms with Crippen molar-refractivity contribution in [2.45, 2.75) is 26.3 Å². The van der Waals surface area contributed by atoms with Crippen LogP contribution in [0.4, 0.5) is 0 Å². The van der Waals surface area contributed by atoms with Crippen LogP contribution in [0.1, 0.15) is 29.8 Å². The fourth-order valence-corrected chi connectivity index (χ4v) is 2.34. The van der Waals surface area contributed by atoms with Gasteiger partial charge in [-0.15, -0.1) is 20.4 Å². The van der Waals surface area contributed by atoms with Crippen molar-refractivity contribution in [3.63, 3.8) is 0 Å². The van der Waals surface area contributed by atoms with Crippen LogP contribution in [-0.4, -0.2) is 40.4 Å². The maximum absolute atomic E-state index is 4.27. The van der Waals surface area contributed by atoms with E-state index in [-0.39, 0.29) is 0 Å². The second kappa shape index (κ2) is 5.37. The smallest absolute Gasteiger partial charge is 0.223 e. The Morgan fingerprint density at radius 2 is 2.15 bits per heavy atom. The van der Waals surface area contributed by atoms with Gasteiger partial charge in [-0.2, -0.15) is 4.80 Å². The van der Waals surface area contributed by atoms with Gasteiger partial charge in [0.2, 0.25) is 5.82 Å². The summed E-state index contributed by atoms with van der Waals surface area (Å²) in [5.74, 6) is 0.850. The van der Waals surface area contributed by atoms with Crippen molar-refractivity contribution in [2.75, 3.05) is 0 Å². The number of hydrogen-bond acceptors (Lipinski definition) is 8. The van der Waals surface area contributed by atoms with E-state index < -0.39 is 0 Å². The zero-order valence-corrected chi connectivity index (χ0v) is 11.8. The molecule has 0 aliphatic heterocycles. The summed E-state index contributed by atoms with van der Waals surface area (Å²) in [6.07, 6.45) is 3.10. The molecule has 0 fully saturated rings. The molecule has 0 spiro atoms. The number of aromatic nitrogens is 8. The zero-order chi connectivity index (χ0) is 13.9. The van der Waals surface area contributed by atoms with Gasteiger partial charge in [0.15, 0.2) is 0 Å². The molecule has 3 heterocycles. The Hall–Kier alpha value is -2.29. The summed E-state index contributed by atoms with van der Waals surface area (Å²) in [7, 11) is 0. The van der Waals surface area contributed by atoms with Gasteiger partial charge in [-0.1, -0.05) is 25.2 Å². The molecular formula is C11H12N8S. The van der Waals surface area contributed by atoms with Gasteiger partial charge in [0, 0.05) is 12.1 Å². The van der Waals surface area contributed by atoms with Crippen LogP contribution in [0.25, 0.3) is 11.5 Å². The van der Waals surface area contributed by atoms with E-state index in [1.165, 1.54) is 11.1 Å². The van der Waals surface area contributed by atoms with Crippen molar-refractivity contribution < 1.29 is 0 Å². The van der Waals surface area contributed by atoms with Gasteiger partial charge in [0.25, 0.3) is 0 Å². The third-order valence-corrected chi connectivity index (χ3v) is 3.73. The Bertz CT molecular complexity index is 689. The van der Waals surface area contributed by atoms with Crippen molar-refractivity contribution in [1.29, 1.82) is 0 Å². The van der Waals surface area contributed by atoms with Crippen molar-refractivity contribution >= 4 is 11.3 Å². The lowest BCUT2D eigenvalue weighted by Gasteiger charge is -1.94. The molecule has 0 saturated carbocycles. The zero-order valence-electron chi connectivity index (χ0n) is 11.0. The molecule has 8 nitrogen and oxygen atoms in total. The minimum absolute atomic E-state index is 0.376. The first kappa shape index (κ1) is 12.7. The minimum Gasteiger partial charge on any atom is -0.245 e. The maximum atomic E-state index is 4.27. The Balaban J connectivity index is 1.77. The first-order chi connectivity index (χ1) is 9.72. The number of nitrogens with zero attached hydrogens (tertiary/aromatic N) is 8. The van der Waals surface area contributed by atoms with Crippen molar-refractivity contribution in [1.82, 2.24) is 40.4 Å². The molecule has 20 heavy (non-hydrogen) atoms. The number of rotatable bonds is 4. The summed E-state index contributed by atoms with van der Waals surface area (Å²) in [5, 5.41) is 22.4. The lowest BCUT2D eigenvalue weighted by Crippen LogP contribution is -2.03. The number of hydrogen-bond donors (Lipinski definition) is 0. The van der Waals surface area contributed by atoms with Crippen molar-refractivity contribution in [3.05, 3.63) is 28.6 Å². The second-order valence-electron chi connectivity index (χ2n) is 4.43. The molecule has 9 heteroatoms. The van der Waals surface area contributed by atoms with E-state index in [9.17, 15) is 0 Å². The summed E-state index contributed by atoms with van der Waals surface area (Å²) in [4.78, 5) is 9.42. The van der Waals surface area contributed by atoms with Crippen LogP contribution in [-0.2, 0) is 6.54 Å². The van der Waals surface area contributed by atoms with Gasteiger partial charge < -0.3 is 0 Å². The van der Waals surface area contributed by atoms with Gasteiger partial charge in [0.05, 0.1) is 0 Å². The predicted molar refractivity (Wildman–Crippen MR) is 71.9 cm³/mol. The predicted octanol–water partition coefficient (Wildman–Crippen LogP) is 1.15. The van der Waals surface area contributed by atoms with E-state index in [1.807, 2.05) is 0 Å². The van der Waals surface area contributed by atoms with Crippen LogP contribution >= 0.6 is 11.3 Å². The Morgan fingerprint density at radius 1 is 1.25 bits per heavy atom. The third-order valence-electron chi connectivity index (χ3n) is 2.52. The highest BCUT2D eigenvalue weighted by atomic mass is 32.1. The van der Waals surface area contributed by atoms with E-state index in [0.29, 0.717) is 24.0 Å². The van der Waals surface area contributed by atoms with Crippen LogP contribution in [0.15, 0.2) is 18.6 Å². The molecule has 0 aromatic carbocycles. The average Bonchev–Trinajstić information content (AvgIpc) is 3.10. The molecule has 0 bridgehead atoms. The summed E-state index contributed by atoms with van der Waals surface area (Å²) in [5.41, 5.74) is 0.645. The third kappa shape index (κ3) is 2.67. The van der Waals surface area contributed by atoms with E-state index in [1.54, 1.807) is 23.6 Å². The molecule has 0 amide bonds. The standard InChI is InChI=1S/C11H12N8S/c1-7(2)11-16-14-9(20-11)5-19-17-10(15-18-19)8-3-4-12-6-13-8/h3-4,6-7H,5H2,1-2H3.